The number of hydrogen-bond donors (Lipinski definition) is 1. The molecular formula is C17H9F4N9OS. The minimum Gasteiger partial charge on any atom is -0.415 e. The van der Waals surface area contributed by atoms with Crippen LogP contribution < -0.4 is 5.73 Å². The Balaban J connectivity index is 1.41. The number of thiophene rings is 1. The minimum absolute atomic E-state index is 0.102. The van der Waals surface area contributed by atoms with Crippen LogP contribution in [-0.4, -0.2) is 40.4 Å². The molecule has 4 aromatic heterocycles. The zero-order chi connectivity index (χ0) is 22.4. The second-order valence-electron chi connectivity index (χ2n) is 6.40. The number of benzene rings is 1. The van der Waals surface area contributed by atoms with Crippen molar-refractivity contribution in [2.24, 2.45) is 0 Å². The molecule has 5 aromatic rings. The van der Waals surface area contributed by atoms with Gasteiger partial charge in [0.2, 0.25) is 5.82 Å². The van der Waals surface area contributed by atoms with E-state index < -0.39 is 35.4 Å². The fraction of sp³-hybridized carbons (Fsp3) is 0.118. The molecule has 5 rings (SSSR count). The van der Waals surface area contributed by atoms with Gasteiger partial charge in [-0.25, -0.2) is 18.7 Å². The Morgan fingerprint density at radius 3 is 2.66 bits per heavy atom. The summed E-state index contributed by atoms with van der Waals surface area (Å²) in [5.74, 6) is -2.78. The molecule has 0 saturated carbocycles. The number of halogens is 4. The van der Waals surface area contributed by atoms with Crippen molar-refractivity contribution in [2.45, 2.75) is 13.0 Å². The molecule has 4 heterocycles. The molecule has 0 atom stereocenters. The van der Waals surface area contributed by atoms with E-state index in [2.05, 4.69) is 40.0 Å². The molecule has 0 fully saturated rings. The van der Waals surface area contributed by atoms with Gasteiger partial charge in [-0.3, -0.25) is 0 Å². The van der Waals surface area contributed by atoms with Crippen LogP contribution in [0.15, 0.2) is 28.9 Å². The molecule has 0 amide bonds. The van der Waals surface area contributed by atoms with Gasteiger partial charge in [0.1, 0.15) is 28.6 Å². The van der Waals surface area contributed by atoms with Gasteiger partial charge in [0.15, 0.2) is 0 Å². The maximum atomic E-state index is 14.6. The van der Waals surface area contributed by atoms with Crippen LogP contribution in [0.2, 0.25) is 0 Å². The number of nitrogen functional groups attached to an aromatic ring is 1. The first-order valence-corrected chi connectivity index (χ1v) is 9.58. The highest BCUT2D eigenvalue weighted by atomic mass is 32.1. The molecule has 0 unspecified atom stereocenters. The normalized spacial score (nSPS) is 11.7. The Labute approximate surface area is 178 Å². The first kappa shape index (κ1) is 19.9. The van der Waals surface area contributed by atoms with E-state index in [0.717, 1.165) is 16.9 Å². The molecule has 0 saturated heterocycles. The van der Waals surface area contributed by atoms with E-state index in [1.54, 1.807) is 6.07 Å². The zero-order valence-electron chi connectivity index (χ0n) is 15.6. The second kappa shape index (κ2) is 7.60. The first-order valence-electron chi connectivity index (χ1n) is 8.77. The highest BCUT2D eigenvalue weighted by Gasteiger charge is 2.21. The summed E-state index contributed by atoms with van der Waals surface area (Å²) >= 11 is 1.27. The largest absolute Gasteiger partial charge is 0.415 e. The summed E-state index contributed by atoms with van der Waals surface area (Å²) in [7, 11) is 0. The van der Waals surface area contributed by atoms with Crippen LogP contribution in [0.3, 0.4) is 0 Å². The Bertz CT molecular complexity index is 1450. The van der Waals surface area contributed by atoms with Gasteiger partial charge in [-0.15, -0.1) is 31.7 Å². The highest BCUT2D eigenvalue weighted by Crippen LogP contribution is 2.32. The van der Waals surface area contributed by atoms with Crippen LogP contribution in [-0.2, 0) is 6.54 Å². The number of alkyl halides is 2. The molecule has 0 radical (unpaired) electrons. The average molecular weight is 463 g/mol. The second-order valence-corrected chi connectivity index (χ2v) is 7.43. The predicted octanol–water partition coefficient (Wildman–Crippen LogP) is 3.24. The molecule has 0 aliphatic rings. The summed E-state index contributed by atoms with van der Waals surface area (Å²) in [6.45, 7) is -0.241. The maximum Gasteiger partial charge on any atom is 0.314 e. The quantitative estimate of drug-likeness (QED) is 0.390. The summed E-state index contributed by atoms with van der Waals surface area (Å²) in [6, 6.07) is 3.36. The van der Waals surface area contributed by atoms with Gasteiger partial charge < -0.3 is 10.2 Å². The van der Waals surface area contributed by atoms with Gasteiger partial charge in [0, 0.05) is 5.56 Å². The van der Waals surface area contributed by atoms with E-state index in [9.17, 15) is 17.6 Å². The van der Waals surface area contributed by atoms with E-state index in [-0.39, 0.29) is 17.9 Å². The Morgan fingerprint density at radius 2 is 1.91 bits per heavy atom. The Kier molecular flexibility index (Phi) is 4.73. The SMILES string of the molecule is Nc1ncnc2sc(-c3nnn(Cc4cc(F)c(-c5nnc(C(F)F)o5)cc4F)n3)cc12. The fourth-order valence-corrected chi connectivity index (χ4v) is 3.78. The van der Waals surface area contributed by atoms with Crippen LogP contribution in [0.1, 0.15) is 17.9 Å². The van der Waals surface area contributed by atoms with Crippen LogP contribution in [0.4, 0.5) is 23.4 Å². The van der Waals surface area contributed by atoms with Crippen LogP contribution in [0.5, 0.6) is 0 Å². The lowest BCUT2D eigenvalue weighted by Crippen LogP contribution is -2.07. The molecule has 0 aliphatic heterocycles. The highest BCUT2D eigenvalue weighted by molar-refractivity contribution is 7.21. The molecule has 0 bridgehead atoms. The minimum atomic E-state index is -3.03. The van der Waals surface area contributed by atoms with E-state index in [4.69, 9.17) is 5.73 Å². The first-order chi connectivity index (χ1) is 15.4. The molecule has 0 aliphatic carbocycles. The number of fused-ring (bicyclic) bond motifs is 1. The molecule has 10 nitrogen and oxygen atoms in total. The lowest BCUT2D eigenvalue weighted by molar-refractivity contribution is 0.116. The van der Waals surface area contributed by atoms with Crippen molar-refractivity contribution in [3.05, 3.63) is 47.6 Å². The molecule has 1 aromatic carbocycles. The van der Waals surface area contributed by atoms with Crippen molar-refractivity contribution in [3.63, 3.8) is 0 Å². The number of hydrogen-bond acceptors (Lipinski definition) is 10. The lowest BCUT2D eigenvalue weighted by Gasteiger charge is -2.05. The molecule has 32 heavy (non-hydrogen) atoms. The molecule has 15 heteroatoms. The van der Waals surface area contributed by atoms with Crippen molar-refractivity contribution >= 4 is 27.4 Å². The standard InChI is InChI=1S/C17H9F4N9OS/c18-9-2-7(15-26-27-16(31-15)12(20)21)10(19)1-6(9)4-30-28-14(25-29-30)11-3-8-13(22)23-5-24-17(8)32-11/h1-3,5,12H,4H2,(H2,22,23,24). The Hall–Kier alpha value is -4.01. The molecule has 2 N–H and O–H groups in total. The number of tetrazole rings is 1. The van der Waals surface area contributed by atoms with E-state index >= 15 is 0 Å². The lowest BCUT2D eigenvalue weighted by atomic mass is 10.1. The van der Waals surface area contributed by atoms with Crippen LogP contribution >= 0.6 is 11.3 Å². The van der Waals surface area contributed by atoms with Gasteiger partial charge in [-0.05, 0) is 23.4 Å². The van der Waals surface area contributed by atoms with Crippen molar-refractivity contribution in [3.8, 4) is 22.2 Å². The van der Waals surface area contributed by atoms with E-state index in [0.29, 0.717) is 20.9 Å². The molecule has 0 spiro atoms. The van der Waals surface area contributed by atoms with Crippen LogP contribution in [0, 0.1) is 11.6 Å². The maximum absolute atomic E-state index is 14.6. The summed E-state index contributed by atoms with van der Waals surface area (Å²) in [4.78, 5) is 10.4. The van der Waals surface area contributed by atoms with Crippen molar-refractivity contribution in [1.82, 2.24) is 40.4 Å². The average Bonchev–Trinajstić information content (AvgIpc) is 3.49. The van der Waals surface area contributed by atoms with Crippen molar-refractivity contribution in [2.75, 3.05) is 5.73 Å². The number of nitrogens with two attached hydrogens (primary N) is 1. The summed E-state index contributed by atoms with van der Waals surface area (Å²) < 4.78 is 58.9. The predicted molar refractivity (Wildman–Crippen MR) is 102 cm³/mol. The van der Waals surface area contributed by atoms with Crippen molar-refractivity contribution in [1.29, 1.82) is 0 Å². The number of anilines is 1. The smallest absolute Gasteiger partial charge is 0.314 e. The van der Waals surface area contributed by atoms with Crippen molar-refractivity contribution < 1.29 is 22.0 Å². The number of rotatable bonds is 5. The number of aromatic nitrogens is 8. The van der Waals surface area contributed by atoms with Gasteiger partial charge in [0.25, 0.3) is 11.8 Å². The fourth-order valence-electron chi connectivity index (χ4n) is 2.85. The molecular weight excluding hydrogens is 454 g/mol. The van der Waals surface area contributed by atoms with Gasteiger partial charge in [-0.2, -0.15) is 13.6 Å². The van der Waals surface area contributed by atoms with Gasteiger partial charge in [-0.1, -0.05) is 0 Å². The Morgan fingerprint density at radius 1 is 1.06 bits per heavy atom. The van der Waals surface area contributed by atoms with Gasteiger partial charge >= 0.3 is 6.43 Å². The third kappa shape index (κ3) is 3.51. The van der Waals surface area contributed by atoms with Crippen LogP contribution in [0.25, 0.3) is 32.4 Å². The monoisotopic (exact) mass is 463 g/mol. The number of nitrogens with zero attached hydrogens (tertiary/aromatic N) is 8. The van der Waals surface area contributed by atoms with E-state index in [1.165, 1.54) is 17.7 Å². The summed E-state index contributed by atoms with van der Waals surface area (Å²) in [5, 5.41) is 19.0. The third-order valence-corrected chi connectivity index (χ3v) is 5.38. The van der Waals surface area contributed by atoms with E-state index in [1.807, 2.05) is 0 Å². The third-order valence-electron chi connectivity index (χ3n) is 4.34. The zero-order valence-corrected chi connectivity index (χ0v) is 16.4. The molecule has 162 valence electrons. The topological polar surface area (TPSA) is 134 Å². The summed E-state index contributed by atoms with van der Waals surface area (Å²) in [5.41, 5.74) is 5.28. The summed E-state index contributed by atoms with van der Waals surface area (Å²) in [6.07, 6.45) is -1.69. The van der Waals surface area contributed by atoms with Gasteiger partial charge in [0.05, 0.1) is 22.4 Å².